The Labute approximate surface area is 332 Å². The summed E-state index contributed by atoms with van der Waals surface area (Å²) in [5.41, 5.74) is 6.47. The molecule has 11 N–H and O–H groups in total. The number of amides is 3. The number of nitrogens with two attached hydrogens (primary N) is 1. The van der Waals surface area contributed by atoms with Crippen molar-refractivity contribution in [3.63, 3.8) is 0 Å². The highest BCUT2D eigenvalue weighted by Crippen LogP contribution is 2.33. The van der Waals surface area contributed by atoms with E-state index >= 15 is 0 Å². The third kappa shape index (κ3) is 15.8. The van der Waals surface area contributed by atoms with Gasteiger partial charge in [-0.25, -0.2) is 19.6 Å². The SMILES string of the molecule is C[N+](C)(C)CCO.Nc1nc2ncc(CNc3ccc(C(=O)NC(CCC(=O)O)C(=O)O)cc3)nc2c(=O)[nH]1.O=C(O)CCCC[C@@H]1SC[C@@H]2NC(=O)N[C@@H]21.[Cl-]. The number of anilines is 2. The van der Waals surface area contributed by atoms with Crippen molar-refractivity contribution in [2.75, 3.05) is 51.1 Å². The predicted molar refractivity (Wildman–Crippen MR) is 203 cm³/mol. The lowest BCUT2D eigenvalue weighted by molar-refractivity contribution is -0.870. The first-order chi connectivity index (χ1) is 25.9. The number of halogens is 1. The number of aliphatic hydroxyl groups is 1. The minimum atomic E-state index is -1.31. The van der Waals surface area contributed by atoms with Crippen LogP contribution in [-0.4, -0.2) is 138 Å². The molecule has 3 aromatic rings. The molecule has 2 saturated heterocycles. The van der Waals surface area contributed by atoms with Crippen molar-refractivity contribution in [2.45, 2.75) is 68.4 Å². The molecule has 0 bridgehead atoms. The van der Waals surface area contributed by atoms with Gasteiger partial charge in [-0.15, -0.1) is 0 Å². The zero-order chi connectivity index (χ0) is 40.7. The summed E-state index contributed by atoms with van der Waals surface area (Å²) in [6.07, 6.45) is 3.72. The molecule has 4 atom stereocenters. The molecule has 0 spiro atoms. The molecule has 2 aliphatic heterocycles. The van der Waals surface area contributed by atoms with E-state index in [0.717, 1.165) is 36.0 Å². The monoisotopic (exact) mass is 824 g/mol. The fourth-order valence-corrected chi connectivity index (χ4v) is 6.86. The van der Waals surface area contributed by atoms with Gasteiger partial charge in [-0.1, -0.05) is 6.42 Å². The average Bonchev–Trinajstić information content (AvgIpc) is 3.66. The number of urea groups is 1. The number of nitrogens with zero attached hydrogens (tertiary/aromatic N) is 4. The fourth-order valence-electron chi connectivity index (χ4n) is 5.32. The van der Waals surface area contributed by atoms with E-state index in [9.17, 15) is 28.8 Å². The summed E-state index contributed by atoms with van der Waals surface area (Å²) in [6.45, 7) is 1.35. The minimum Gasteiger partial charge on any atom is -1.00 e. The van der Waals surface area contributed by atoms with E-state index in [2.05, 4.69) is 62.3 Å². The van der Waals surface area contributed by atoms with Gasteiger partial charge in [0, 0.05) is 35.1 Å². The van der Waals surface area contributed by atoms with Gasteiger partial charge >= 0.3 is 23.9 Å². The summed E-state index contributed by atoms with van der Waals surface area (Å²) in [5.74, 6) is -2.92. The van der Waals surface area contributed by atoms with E-state index in [0.29, 0.717) is 16.6 Å². The van der Waals surface area contributed by atoms with Crippen molar-refractivity contribution in [2.24, 2.45) is 0 Å². The van der Waals surface area contributed by atoms with Crippen LogP contribution in [0.5, 0.6) is 0 Å². The summed E-state index contributed by atoms with van der Waals surface area (Å²) in [6, 6.07) is 5.30. The lowest BCUT2D eigenvalue weighted by Gasteiger charge is -2.21. The third-order valence-electron chi connectivity index (χ3n) is 8.20. The minimum absolute atomic E-state index is 0. The number of aliphatic carboxylic acids is 3. The maximum atomic E-state index is 12.3. The number of hydrogen-bond donors (Lipinski definition) is 10. The molecule has 2 aromatic heterocycles. The van der Waals surface area contributed by atoms with Crippen molar-refractivity contribution >= 4 is 64.4 Å². The molecule has 20 nitrogen and oxygen atoms in total. The summed E-state index contributed by atoms with van der Waals surface area (Å²) in [4.78, 5) is 82.0. The van der Waals surface area contributed by atoms with Gasteiger partial charge in [-0.3, -0.25) is 24.2 Å². The highest BCUT2D eigenvalue weighted by Gasteiger charge is 2.42. The van der Waals surface area contributed by atoms with Crippen LogP contribution in [0.4, 0.5) is 16.4 Å². The number of likely N-dealkylation sites (N-methyl/N-ethyl adjacent to an activating group) is 1. The molecule has 2 fully saturated rings. The molecule has 0 saturated carbocycles. The number of benzene rings is 1. The van der Waals surface area contributed by atoms with Crippen LogP contribution in [-0.2, 0) is 20.9 Å². The number of unbranched alkanes of at least 4 members (excludes halogenated alkanes) is 1. The van der Waals surface area contributed by atoms with Crippen LogP contribution in [0.1, 0.15) is 54.6 Å². The van der Waals surface area contributed by atoms with E-state index in [1.54, 1.807) is 12.1 Å². The van der Waals surface area contributed by atoms with Crippen molar-refractivity contribution in [1.82, 2.24) is 35.9 Å². The molecule has 2 aliphatic rings. The number of carboxylic acid groups (broad SMARTS) is 3. The molecule has 308 valence electrons. The number of nitrogens with one attached hydrogen (secondary N) is 5. The quantitative estimate of drug-likeness (QED) is 0.0404. The number of aromatic amines is 1. The molecular formula is C34H49ClN10O10S. The van der Waals surface area contributed by atoms with E-state index in [-0.39, 0.29) is 85.6 Å². The summed E-state index contributed by atoms with van der Waals surface area (Å²) in [7, 11) is 6.16. The number of carbonyl (C=O) groups is 5. The van der Waals surface area contributed by atoms with E-state index in [1.165, 1.54) is 18.3 Å². The number of hydrogen-bond acceptors (Lipinski definition) is 13. The van der Waals surface area contributed by atoms with Crippen molar-refractivity contribution in [3.8, 4) is 0 Å². The molecule has 5 rings (SSSR count). The molecule has 1 aromatic carbocycles. The largest absolute Gasteiger partial charge is 1.00 e. The smallest absolute Gasteiger partial charge is 0.326 e. The number of thioether (sulfide) groups is 1. The second-order valence-electron chi connectivity index (χ2n) is 13.7. The van der Waals surface area contributed by atoms with Crippen LogP contribution in [0.15, 0.2) is 35.3 Å². The number of quaternary nitrogens is 1. The van der Waals surface area contributed by atoms with E-state index in [4.69, 9.17) is 26.2 Å². The Morgan fingerprint density at radius 3 is 2.27 bits per heavy atom. The van der Waals surface area contributed by atoms with Crippen molar-refractivity contribution < 1.29 is 61.3 Å². The van der Waals surface area contributed by atoms with Crippen LogP contribution in [0.3, 0.4) is 0 Å². The Hall–Kier alpha value is -5.25. The Morgan fingerprint density at radius 1 is 1.00 bits per heavy atom. The highest BCUT2D eigenvalue weighted by molar-refractivity contribution is 8.00. The number of carboxylic acids is 3. The van der Waals surface area contributed by atoms with Gasteiger partial charge in [0.1, 0.15) is 12.6 Å². The van der Waals surface area contributed by atoms with Gasteiger partial charge in [-0.05, 0) is 43.5 Å². The van der Waals surface area contributed by atoms with E-state index in [1.807, 2.05) is 11.8 Å². The zero-order valence-corrected chi connectivity index (χ0v) is 32.7. The predicted octanol–water partition coefficient (Wildman–Crippen LogP) is -2.56. The third-order valence-corrected chi connectivity index (χ3v) is 9.70. The first-order valence-corrected chi connectivity index (χ1v) is 18.4. The Kier molecular flexibility index (Phi) is 18.7. The fraction of sp³-hybridized carbons (Fsp3) is 0.500. The van der Waals surface area contributed by atoms with Crippen LogP contribution < -0.4 is 45.0 Å². The Balaban J connectivity index is 0.000000373. The Morgan fingerprint density at radius 2 is 1.68 bits per heavy atom. The molecule has 3 amide bonds. The lowest BCUT2D eigenvalue weighted by atomic mass is 10.0. The molecular weight excluding hydrogens is 776 g/mol. The molecule has 1 unspecified atom stereocenters. The summed E-state index contributed by atoms with van der Waals surface area (Å²) in [5, 5.41) is 46.4. The summed E-state index contributed by atoms with van der Waals surface area (Å²) < 4.78 is 0.844. The van der Waals surface area contributed by atoms with Crippen LogP contribution >= 0.6 is 11.8 Å². The van der Waals surface area contributed by atoms with Gasteiger partial charge in [0.25, 0.3) is 11.5 Å². The number of aliphatic hydroxyl groups excluding tert-OH is 1. The van der Waals surface area contributed by atoms with Gasteiger partial charge in [0.15, 0.2) is 11.2 Å². The Bertz CT molecular complexity index is 1860. The highest BCUT2D eigenvalue weighted by atomic mass is 35.5. The van der Waals surface area contributed by atoms with Crippen LogP contribution in [0.2, 0.25) is 0 Å². The zero-order valence-electron chi connectivity index (χ0n) is 31.2. The number of carbonyl (C=O) groups excluding carboxylic acids is 2. The maximum absolute atomic E-state index is 12.3. The molecule has 22 heteroatoms. The van der Waals surface area contributed by atoms with Crippen molar-refractivity contribution in [3.05, 3.63) is 52.1 Å². The number of fused-ring (bicyclic) bond motifs is 2. The van der Waals surface area contributed by atoms with Gasteiger partial charge in [-0.2, -0.15) is 16.7 Å². The first kappa shape index (κ1) is 46.9. The number of rotatable bonds is 16. The average molecular weight is 825 g/mol. The van der Waals surface area contributed by atoms with Gasteiger partial charge in [0.05, 0.1) is 58.3 Å². The number of aromatic nitrogens is 4. The standard InChI is InChI=1S/C19H19N7O6.C10H16N2O3S.C5H14NO.ClH/c20-19-25-15-14(17(30)26-19)23-11(8-22-15)7-21-10-3-1-9(2-4-10)16(29)24-12(18(31)32)5-6-13(27)28;13-8(14)4-2-1-3-7-9-6(5-16-7)11-10(15)12-9;1-6(2,3)4-5-7;/h1-4,8,12,21H,5-7H2,(H,24,29)(H,27,28)(H,31,32)(H3,20,22,25,26,30);6-7,9H,1-5H2,(H,13,14)(H2,11,12,15);7H,4-5H2,1-3H3;1H/q;;+1;/p-1/t;6-,7-,9-;;/m.0../s1. The molecule has 56 heavy (non-hydrogen) atoms. The first-order valence-electron chi connectivity index (χ1n) is 17.4. The second-order valence-corrected chi connectivity index (χ2v) is 15.0. The number of nitrogen functional groups attached to an aromatic ring is 1. The van der Waals surface area contributed by atoms with Crippen molar-refractivity contribution in [1.29, 1.82) is 0 Å². The maximum Gasteiger partial charge on any atom is 0.326 e. The topological polar surface area (TPSA) is 312 Å². The van der Waals surface area contributed by atoms with Gasteiger partial charge < -0.3 is 64.3 Å². The van der Waals surface area contributed by atoms with Crippen LogP contribution in [0, 0.1) is 0 Å². The number of H-pyrrole nitrogens is 1. The van der Waals surface area contributed by atoms with Crippen LogP contribution in [0.25, 0.3) is 11.2 Å². The molecule has 0 radical (unpaired) electrons. The van der Waals surface area contributed by atoms with Gasteiger partial charge in [0.2, 0.25) is 5.95 Å². The van der Waals surface area contributed by atoms with E-state index < -0.39 is 35.4 Å². The lowest BCUT2D eigenvalue weighted by Crippen LogP contribution is -3.00. The summed E-state index contributed by atoms with van der Waals surface area (Å²) >= 11 is 1.87. The molecule has 0 aliphatic carbocycles. The normalized spacial score (nSPS) is 17.3. The molecule has 4 heterocycles. The second kappa shape index (κ2) is 22.3.